The maximum absolute atomic E-state index is 8.92. The molecule has 0 bridgehead atoms. The fourth-order valence-electron chi connectivity index (χ4n) is 1.53. The van der Waals surface area contributed by atoms with Crippen LogP contribution in [0.5, 0.6) is 0 Å². The van der Waals surface area contributed by atoms with Crippen molar-refractivity contribution in [1.82, 2.24) is 0 Å². The Morgan fingerprint density at radius 3 is 2.53 bits per heavy atom. The molecule has 68 valence electrons. The average Bonchev–Trinajstić information content (AvgIpc) is 2.28. The minimum absolute atomic E-state index is 0.202. The first-order valence-electron chi connectivity index (χ1n) is 4.54. The van der Waals surface area contributed by atoms with E-state index in [1.54, 1.807) is 10.5 Å². The molecule has 0 amide bonds. The molecule has 1 aromatic heterocycles. The zero-order valence-corrected chi connectivity index (χ0v) is 8.01. The fraction of sp³-hybridized carbons (Fsp3) is 0. The third-order valence-corrected chi connectivity index (χ3v) is 2.25. The Morgan fingerprint density at radius 2 is 1.87 bits per heavy atom. The van der Waals surface area contributed by atoms with E-state index < -0.39 is 0 Å². The molecule has 1 heterocycles. The van der Waals surface area contributed by atoms with Gasteiger partial charge in [-0.15, -0.1) is 0 Å². The van der Waals surface area contributed by atoms with Gasteiger partial charge in [-0.1, -0.05) is 18.2 Å². The number of fused-ring (bicyclic) bond motifs is 1. The predicted octanol–water partition coefficient (Wildman–Crippen LogP) is 0.680. The molecule has 0 saturated heterocycles. The van der Waals surface area contributed by atoms with E-state index in [0.717, 1.165) is 10.8 Å². The van der Waals surface area contributed by atoms with Crippen LogP contribution in [0.25, 0.3) is 10.8 Å². The highest BCUT2D eigenvalue weighted by Gasteiger charge is 2.13. The molecule has 2 aromatic rings. The van der Waals surface area contributed by atoms with Crippen LogP contribution in [0.3, 0.4) is 0 Å². The van der Waals surface area contributed by atoms with Gasteiger partial charge in [0, 0.05) is 11.5 Å². The molecule has 3 nitrogen and oxygen atoms in total. The topological polar surface area (TPSA) is 51.5 Å². The normalized spacial score (nSPS) is 9.20. The number of hydrogen-bond acceptors (Lipinski definition) is 2. The Morgan fingerprint density at radius 1 is 1.13 bits per heavy atom. The van der Waals surface area contributed by atoms with Crippen LogP contribution in [0.4, 0.5) is 0 Å². The van der Waals surface area contributed by atoms with Gasteiger partial charge in [0.15, 0.2) is 12.3 Å². The molecule has 0 radical (unpaired) electrons. The molecule has 1 aromatic carbocycles. The van der Waals surface area contributed by atoms with Gasteiger partial charge >= 0.3 is 7.41 Å². The van der Waals surface area contributed by atoms with E-state index in [1.807, 2.05) is 36.4 Å². The van der Waals surface area contributed by atoms with Crippen LogP contribution in [0.15, 0.2) is 36.5 Å². The average molecular weight is 192 g/mol. The van der Waals surface area contributed by atoms with E-state index in [1.165, 1.54) is 0 Å². The van der Waals surface area contributed by atoms with Gasteiger partial charge in [-0.2, -0.15) is 5.26 Å². The molecule has 0 spiro atoms. The Balaban J connectivity index is 2.71. The highest BCUT2D eigenvalue weighted by molar-refractivity contribution is 6.35. The monoisotopic (exact) mass is 192 g/mol. The van der Waals surface area contributed by atoms with Gasteiger partial charge in [-0.3, -0.25) is 4.48 Å². The zero-order chi connectivity index (χ0) is 10.7. The Hall–Kier alpha value is -2.33. The van der Waals surface area contributed by atoms with Crippen LogP contribution >= 0.6 is 0 Å². The van der Waals surface area contributed by atoms with Crippen molar-refractivity contribution in [1.29, 1.82) is 10.5 Å². The number of nitriles is 2. The van der Waals surface area contributed by atoms with Crippen molar-refractivity contribution in [3.8, 4) is 12.0 Å². The maximum Gasteiger partial charge on any atom is 0.588 e. The van der Waals surface area contributed by atoms with Gasteiger partial charge in [0.2, 0.25) is 0 Å². The van der Waals surface area contributed by atoms with Gasteiger partial charge in [0.25, 0.3) is 5.69 Å². The van der Waals surface area contributed by atoms with E-state index in [4.69, 9.17) is 10.5 Å². The van der Waals surface area contributed by atoms with Crippen LogP contribution in [-0.4, -0.2) is 7.41 Å². The van der Waals surface area contributed by atoms with E-state index in [0.29, 0.717) is 5.69 Å². The van der Waals surface area contributed by atoms with Crippen LogP contribution in [0, 0.1) is 22.6 Å². The van der Waals surface area contributed by atoms with Gasteiger partial charge in [-0.25, -0.2) is 5.26 Å². The maximum atomic E-state index is 8.92. The number of rotatable bonds is 1. The lowest BCUT2D eigenvalue weighted by molar-refractivity contribution is -0.528. The number of nitrogens with zero attached hydrogens (tertiary/aromatic N) is 3. The lowest BCUT2D eigenvalue weighted by Gasteiger charge is -1.97. The fourth-order valence-corrected chi connectivity index (χ4v) is 1.53. The van der Waals surface area contributed by atoms with Crippen molar-refractivity contribution in [2.45, 2.75) is 0 Å². The second kappa shape index (κ2) is 3.81. The SMILES string of the molecule is N#CB[n+]1cc2ccccc2cc1C#N. The van der Waals surface area contributed by atoms with Gasteiger partial charge in [0.05, 0.1) is 5.97 Å². The van der Waals surface area contributed by atoms with Gasteiger partial charge < -0.3 is 0 Å². The largest absolute Gasteiger partial charge is 0.588 e. The van der Waals surface area contributed by atoms with Crippen LogP contribution in [-0.2, 0) is 0 Å². The third kappa shape index (κ3) is 1.66. The van der Waals surface area contributed by atoms with E-state index in [2.05, 4.69) is 6.07 Å². The molecular formula is C11H7BN3+. The molecule has 0 aliphatic heterocycles. The summed E-state index contributed by atoms with van der Waals surface area (Å²) < 4.78 is 1.66. The Labute approximate surface area is 88.1 Å². The van der Waals surface area contributed by atoms with Crippen molar-refractivity contribution >= 4 is 18.2 Å². The standard InChI is InChI=1S/C11H7BN3/c13-6-11-5-9-3-1-2-4-10(9)7-15(11)12-8-14/h1-5,7,12H/q+1. The second-order valence-corrected chi connectivity index (χ2v) is 3.19. The molecule has 0 unspecified atom stereocenters. The molecule has 0 aliphatic carbocycles. The predicted molar refractivity (Wildman–Crippen MR) is 57.0 cm³/mol. The summed E-state index contributed by atoms with van der Waals surface area (Å²) in [7, 11) is 0.202. The smallest absolute Gasteiger partial charge is 0.264 e. The number of hydrogen-bond donors (Lipinski definition) is 0. The molecule has 2 rings (SSSR count). The lowest BCUT2D eigenvalue weighted by atomic mass is 9.96. The van der Waals surface area contributed by atoms with Gasteiger partial charge in [0.1, 0.15) is 0 Å². The Kier molecular flexibility index (Phi) is 2.35. The molecule has 15 heavy (non-hydrogen) atoms. The van der Waals surface area contributed by atoms with Crippen molar-refractivity contribution < 1.29 is 4.48 Å². The Bertz CT molecular complexity index is 593. The summed E-state index contributed by atoms with van der Waals surface area (Å²) in [5, 5.41) is 19.6. The first-order chi connectivity index (χ1) is 7.35. The molecule has 0 saturated carbocycles. The quantitative estimate of drug-likeness (QED) is 0.623. The summed E-state index contributed by atoms with van der Waals surface area (Å²) in [6.07, 6.45) is 1.83. The van der Waals surface area contributed by atoms with Crippen LogP contribution in [0.2, 0.25) is 0 Å². The van der Waals surface area contributed by atoms with Crippen molar-refractivity contribution in [3.63, 3.8) is 0 Å². The highest BCUT2D eigenvalue weighted by Crippen LogP contribution is 2.11. The number of benzene rings is 1. The van der Waals surface area contributed by atoms with Crippen molar-refractivity contribution in [2.75, 3.05) is 0 Å². The van der Waals surface area contributed by atoms with Crippen LogP contribution < -0.4 is 4.48 Å². The van der Waals surface area contributed by atoms with Crippen molar-refractivity contribution in [2.24, 2.45) is 0 Å². The number of aromatic nitrogens is 1. The lowest BCUT2D eigenvalue weighted by Crippen LogP contribution is -2.42. The minimum Gasteiger partial charge on any atom is -0.264 e. The number of pyridine rings is 1. The van der Waals surface area contributed by atoms with E-state index in [-0.39, 0.29) is 7.41 Å². The minimum atomic E-state index is 0.202. The van der Waals surface area contributed by atoms with Crippen molar-refractivity contribution in [3.05, 3.63) is 42.2 Å². The summed E-state index contributed by atoms with van der Waals surface area (Å²) in [6, 6.07) is 11.7. The summed E-state index contributed by atoms with van der Waals surface area (Å²) in [5.74, 6) is 2.04. The second-order valence-electron chi connectivity index (χ2n) is 3.19. The van der Waals surface area contributed by atoms with Gasteiger partial charge in [-0.05, 0) is 11.5 Å². The van der Waals surface area contributed by atoms with Crippen LogP contribution in [0.1, 0.15) is 5.69 Å². The molecule has 0 fully saturated rings. The summed E-state index contributed by atoms with van der Waals surface area (Å²) in [5.41, 5.74) is 0.509. The summed E-state index contributed by atoms with van der Waals surface area (Å²) in [4.78, 5) is 0. The molecule has 0 atom stereocenters. The molecule has 4 heteroatoms. The molecule has 0 aliphatic rings. The highest BCUT2D eigenvalue weighted by atomic mass is 14.9. The first kappa shape index (κ1) is 9.24. The van der Waals surface area contributed by atoms with E-state index in [9.17, 15) is 0 Å². The molecular weight excluding hydrogens is 185 g/mol. The third-order valence-electron chi connectivity index (χ3n) is 2.25. The summed E-state index contributed by atoms with van der Waals surface area (Å²) in [6.45, 7) is 0. The first-order valence-corrected chi connectivity index (χ1v) is 4.54. The zero-order valence-electron chi connectivity index (χ0n) is 8.01. The summed E-state index contributed by atoms with van der Waals surface area (Å²) >= 11 is 0. The molecule has 0 N–H and O–H groups in total. The van der Waals surface area contributed by atoms with E-state index >= 15 is 0 Å².